The second-order valence-electron chi connectivity index (χ2n) is 2.10. The third-order valence-corrected chi connectivity index (χ3v) is 1.24. The van der Waals surface area contributed by atoms with E-state index in [4.69, 9.17) is 5.26 Å². The van der Waals surface area contributed by atoms with Crippen LogP contribution >= 0.6 is 0 Å². The van der Waals surface area contributed by atoms with Crippen LogP contribution in [-0.2, 0) is 0 Å². The van der Waals surface area contributed by atoms with Gasteiger partial charge in [0, 0.05) is 6.42 Å². The van der Waals surface area contributed by atoms with Crippen molar-refractivity contribution in [2.24, 2.45) is 0 Å². The van der Waals surface area contributed by atoms with E-state index in [9.17, 15) is 20.2 Å². The average molecular weight is 173 g/mol. The van der Waals surface area contributed by atoms with E-state index in [0.29, 0.717) is 0 Å². The smallest absolute Gasteiger partial charge is 0.259 e. The minimum atomic E-state index is -1.77. The molecule has 0 bridgehead atoms. The summed E-state index contributed by atoms with van der Waals surface area (Å²) in [5.41, 5.74) is 0. The zero-order valence-corrected chi connectivity index (χ0v) is 6.17. The Morgan fingerprint density at radius 2 is 1.83 bits per heavy atom. The van der Waals surface area contributed by atoms with Gasteiger partial charge in [-0.3, -0.25) is 20.2 Å². The largest absolute Gasteiger partial charge is 0.450 e. The first kappa shape index (κ1) is 10.3. The molecule has 0 saturated heterocycles. The van der Waals surface area contributed by atoms with E-state index < -0.39 is 16.0 Å². The van der Waals surface area contributed by atoms with Gasteiger partial charge < -0.3 is 0 Å². The Hall–Kier alpha value is -1.71. The highest BCUT2D eigenvalue weighted by molar-refractivity contribution is 4.68. The molecule has 0 amide bonds. The number of nitrogens with zero attached hydrogens (tertiary/aromatic N) is 3. The van der Waals surface area contributed by atoms with Crippen LogP contribution in [0.15, 0.2) is 0 Å². The fraction of sp³-hybridized carbons (Fsp3) is 0.800. The quantitative estimate of drug-likeness (QED) is 0.261. The first-order valence-electron chi connectivity index (χ1n) is 3.23. The normalized spacial score (nSPS) is 9.33. The lowest BCUT2D eigenvalue weighted by molar-refractivity contribution is -0.743. The Morgan fingerprint density at radius 1 is 1.33 bits per heavy atom. The molecule has 0 aromatic carbocycles. The summed E-state index contributed by atoms with van der Waals surface area (Å²) in [4.78, 5) is 18.1. The number of hydrogen-bond donors (Lipinski definition) is 0. The molecule has 0 N–H and O–H groups in total. The summed E-state index contributed by atoms with van der Waals surface area (Å²) >= 11 is 0. The van der Waals surface area contributed by atoms with Crippen molar-refractivity contribution in [2.75, 3.05) is 0 Å². The van der Waals surface area contributed by atoms with Crippen molar-refractivity contribution in [3.8, 4) is 6.07 Å². The predicted molar refractivity (Wildman–Crippen MR) is 37.2 cm³/mol. The monoisotopic (exact) mass is 173 g/mol. The molecule has 0 atom stereocenters. The Morgan fingerprint density at radius 3 is 2.17 bits per heavy atom. The fourth-order valence-electron chi connectivity index (χ4n) is 0.651. The van der Waals surface area contributed by atoms with Gasteiger partial charge in [0.1, 0.15) is 0 Å². The second kappa shape index (κ2) is 5.01. The topological polar surface area (TPSA) is 110 Å². The molecule has 7 nitrogen and oxygen atoms in total. The molecule has 66 valence electrons. The van der Waals surface area contributed by atoms with E-state index in [1.807, 2.05) is 0 Å². The van der Waals surface area contributed by atoms with Gasteiger partial charge in [0.15, 0.2) is 0 Å². The van der Waals surface area contributed by atoms with Gasteiger partial charge in [-0.15, -0.1) is 0 Å². The zero-order chi connectivity index (χ0) is 9.56. The highest BCUT2D eigenvalue weighted by Gasteiger charge is 2.30. The minimum absolute atomic E-state index is 0.109. The van der Waals surface area contributed by atoms with Crippen LogP contribution in [0.3, 0.4) is 0 Å². The molecular weight excluding hydrogens is 166 g/mol. The molecule has 0 aliphatic heterocycles. The van der Waals surface area contributed by atoms with Crippen molar-refractivity contribution in [1.29, 1.82) is 5.26 Å². The summed E-state index contributed by atoms with van der Waals surface area (Å²) in [6, 6.07) is 1.76. The molecule has 0 unspecified atom stereocenters. The molecule has 0 aromatic rings. The molecule has 12 heavy (non-hydrogen) atoms. The summed E-state index contributed by atoms with van der Waals surface area (Å²) in [6.45, 7) is 0. The Kier molecular flexibility index (Phi) is 4.30. The van der Waals surface area contributed by atoms with Crippen LogP contribution in [0, 0.1) is 31.6 Å². The third-order valence-electron chi connectivity index (χ3n) is 1.24. The summed E-state index contributed by atoms with van der Waals surface area (Å²) in [5, 5.41) is 28.1. The van der Waals surface area contributed by atoms with Crippen LogP contribution in [0.25, 0.3) is 0 Å². The van der Waals surface area contributed by atoms with E-state index in [-0.39, 0.29) is 19.3 Å². The fourth-order valence-corrected chi connectivity index (χ4v) is 0.651. The highest BCUT2D eigenvalue weighted by Crippen LogP contribution is 2.03. The first-order chi connectivity index (χ1) is 5.59. The van der Waals surface area contributed by atoms with Gasteiger partial charge in [-0.2, -0.15) is 5.26 Å². The van der Waals surface area contributed by atoms with Crippen molar-refractivity contribution in [3.05, 3.63) is 20.2 Å². The van der Waals surface area contributed by atoms with Crippen molar-refractivity contribution in [2.45, 2.75) is 25.4 Å². The van der Waals surface area contributed by atoms with Crippen LogP contribution in [-0.4, -0.2) is 16.0 Å². The maximum atomic E-state index is 10.0. The maximum absolute atomic E-state index is 10.0. The molecule has 0 heterocycles. The van der Waals surface area contributed by atoms with Crippen molar-refractivity contribution in [3.63, 3.8) is 0 Å². The van der Waals surface area contributed by atoms with Crippen molar-refractivity contribution in [1.82, 2.24) is 0 Å². The van der Waals surface area contributed by atoms with Crippen LogP contribution in [0.1, 0.15) is 19.3 Å². The molecule has 0 rings (SSSR count). The summed E-state index contributed by atoms with van der Waals surface area (Å²) in [6.07, 6.45) is -1.66. The Balaban J connectivity index is 3.91. The Labute approximate surface area is 67.9 Å². The van der Waals surface area contributed by atoms with E-state index in [2.05, 4.69) is 0 Å². The molecule has 0 aromatic heterocycles. The van der Waals surface area contributed by atoms with Crippen LogP contribution in [0.2, 0.25) is 0 Å². The lowest BCUT2D eigenvalue weighted by Gasteiger charge is -1.98. The number of nitro groups is 2. The maximum Gasteiger partial charge on any atom is 0.450 e. The van der Waals surface area contributed by atoms with Crippen LogP contribution < -0.4 is 0 Å². The van der Waals surface area contributed by atoms with Gasteiger partial charge in [0.25, 0.3) is 0 Å². The molecule has 0 spiro atoms. The standard InChI is InChI=1S/C5H7N3O4/c6-4-2-1-3-5(7(9)10)8(11)12/h5H,1-3H2. The predicted octanol–water partition coefficient (Wildman–Crippen LogP) is 0.560. The van der Waals surface area contributed by atoms with Gasteiger partial charge >= 0.3 is 6.17 Å². The summed E-state index contributed by atoms with van der Waals surface area (Å²) in [5.74, 6) is 0. The molecule has 0 saturated carbocycles. The molecule has 0 fully saturated rings. The lowest BCUT2D eigenvalue weighted by atomic mass is 10.2. The zero-order valence-electron chi connectivity index (χ0n) is 6.17. The van der Waals surface area contributed by atoms with E-state index >= 15 is 0 Å². The number of hydrogen-bond acceptors (Lipinski definition) is 5. The van der Waals surface area contributed by atoms with E-state index in [1.165, 1.54) is 0 Å². The molecule has 0 aliphatic rings. The van der Waals surface area contributed by atoms with Crippen LogP contribution in [0.5, 0.6) is 0 Å². The minimum Gasteiger partial charge on any atom is -0.259 e. The third kappa shape index (κ3) is 3.46. The highest BCUT2D eigenvalue weighted by atomic mass is 16.7. The average Bonchev–Trinajstić information content (AvgIpc) is 1.96. The molecule has 7 heteroatoms. The summed E-state index contributed by atoms with van der Waals surface area (Å²) in [7, 11) is 0. The summed E-state index contributed by atoms with van der Waals surface area (Å²) < 4.78 is 0. The Bertz CT molecular complexity index is 207. The van der Waals surface area contributed by atoms with Gasteiger partial charge in [-0.1, -0.05) is 0 Å². The number of unbranched alkanes of at least 4 members (excludes halogenated alkanes) is 1. The van der Waals surface area contributed by atoms with Crippen molar-refractivity contribution < 1.29 is 9.85 Å². The number of rotatable bonds is 5. The van der Waals surface area contributed by atoms with Gasteiger partial charge in [0.05, 0.1) is 22.3 Å². The molecular formula is C5H7N3O4. The van der Waals surface area contributed by atoms with Gasteiger partial charge in [0.2, 0.25) is 0 Å². The van der Waals surface area contributed by atoms with E-state index in [0.717, 1.165) is 0 Å². The number of nitriles is 1. The van der Waals surface area contributed by atoms with E-state index in [1.54, 1.807) is 6.07 Å². The lowest BCUT2D eigenvalue weighted by Crippen LogP contribution is -2.28. The van der Waals surface area contributed by atoms with Gasteiger partial charge in [-0.05, 0) is 6.42 Å². The van der Waals surface area contributed by atoms with Crippen LogP contribution in [0.4, 0.5) is 0 Å². The molecule has 0 radical (unpaired) electrons. The van der Waals surface area contributed by atoms with Crippen molar-refractivity contribution >= 4 is 0 Å². The molecule has 0 aliphatic carbocycles. The van der Waals surface area contributed by atoms with Gasteiger partial charge in [-0.25, -0.2) is 0 Å². The second-order valence-corrected chi connectivity index (χ2v) is 2.10. The SMILES string of the molecule is N#CCCCC([N+](=O)[O-])[N+](=O)[O-]. The first-order valence-corrected chi connectivity index (χ1v) is 3.23.